The van der Waals surface area contributed by atoms with Gasteiger partial charge < -0.3 is 16.4 Å². The summed E-state index contributed by atoms with van der Waals surface area (Å²) in [6.45, 7) is 10.2. The maximum atomic E-state index is 11.8. The lowest BCUT2D eigenvalue weighted by Crippen LogP contribution is -2.50. The smallest absolute Gasteiger partial charge is 0.242 e. The maximum absolute atomic E-state index is 11.8. The van der Waals surface area contributed by atoms with Crippen molar-refractivity contribution >= 4 is 11.8 Å². The van der Waals surface area contributed by atoms with Crippen molar-refractivity contribution in [3.8, 4) is 0 Å². The molecule has 0 aromatic carbocycles. The largest absolute Gasteiger partial charge is 0.350 e. The molecule has 0 radical (unpaired) electrons. The molecule has 2 atom stereocenters. The van der Waals surface area contributed by atoms with Gasteiger partial charge in [-0.05, 0) is 53.0 Å². The lowest BCUT2D eigenvalue weighted by molar-refractivity contribution is -0.129. The zero-order valence-electron chi connectivity index (χ0n) is 12.9. The van der Waals surface area contributed by atoms with E-state index in [9.17, 15) is 9.59 Å². The number of nitrogens with two attached hydrogens (primary N) is 1. The molecule has 2 unspecified atom stereocenters. The number of hydrogen-bond acceptors (Lipinski definition) is 3. The second-order valence-corrected chi connectivity index (χ2v) is 6.25. The molecule has 0 rings (SSSR count). The highest BCUT2D eigenvalue weighted by atomic mass is 16.2. The molecule has 5 heteroatoms. The SMILES string of the molecule is CC(CCN)CCC(=O)NC(C)C(=O)NC(C)(C)C. The molecule has 0 bridgehead atoms. The van der Waals surface area contributed by atoms with Crippen LogP contribution in [0.15, 0.2) is 0 Å². The Labute approximate surface area is 116 Å². The summed E-state index contributed by atoms with van der Waals surface area (Å²) in [4.78, 5) is 23.5. The number of rotatable bonds is 7. The fourth-order valence-corrected chi connectivity index (χ4v) is 1.66. The topological polar surface area (TPSA) is 84.2 Å². The Balaban J connectivity index is 4.02. The second kappa shape index (κ2) is 8.15. The molecule has 0 aromatic rings. The summed E-state index contributed by atoms with van der Waals surface area (Å²) in [7, 11) is 0. The van der Waals surface area contributed by atoms with Crippen LogP contribution in [0.1, 0.15) is 53.9 Å². The number of nitrogens with one attached hydrogen (secondary N) is 2. The summed E-state index contributed by atoms with van der Waals surface area (Å²) < 4.78 is 0. The summed E-state index contributed by atoms with van der Waals surface area (Å²) in [5, 5.41) is 5.56. The van der Waals surface area contributed by atoms with Crippen molar-refractivity contribution in [2.75, 3.05) is 6.54 Å². The molecule has 19 heavy (non-hydrogen) atoms. The highest BCUT2D eigenvalue weighted by Crippen LogP contribution is 2.09. The highest BCUT2D eigenvalue weighted by molar-refractivity contribution is 5.87. The van der Waals surface area contributed by atoms with Gasteiger partial charge in [0.15, 0.2) is 0 Å². The monoisotopic (exact) mass is 271 g/mol. The van der Waals surface area contributed by atoms with E-state index in [-0.39, 0.29) is 17.4 Å². The molecule has 0 saturated carbocycles. The van der Waals surface area contributed by atoms with Gasteiger partial charge in [0.05, 0.1) is 0 Å². The maximum Gasteiger partial charge on any atom is 0.242 e. The van der Waals surface area contributed by atoms with E-state index in [0.717, 1.165) is 12.8 Å². The van der Waals surface area contributed by atoms with Gasteiger partial charge in [-0.1, -0.05) is 6.92 Å². The minimum absolute atomic E-state index is 0.0829. The van der Waals surface area contributed by atoms with E-state index in [2.05, 4.69) is 17.6 Å². The van der Waals surface area contributed by atoms with Crippen LogP contribution in [-0.2, 0) is 9.59 Å². The van der Waals surface area contributed by atoms with E-state index in [1.807, 2.05) is 20.8 Å². The average Bonchev–Trinajstić information content (AvgIpc) is 2.24. The Morgan fingerprint density at radius 3 is 2.21 bits per heavy atom. The van der Waals surface area contributed by atoms with Crippen molar-refractivity contribution in [3.05, 3.63) is 0 Å². The quantitative estimate of drug-likeness (QED) is 0.650. The average molecular weight is 271 g/mol. The Bertz CT molecular complexity index is 298. The lowest BCUT2D eigenvalue weighted by atomic mass is 10.0. The van der Waals surface area contributed by atoms with Crippen molar-refractivity contribution < 1.29 is 9.59 Å². The van der Waals surface area contributed by atoms with Crippen LogP contribution in [-0.4, -0.2) is 29.9 Å². The van der Waals surface area contributed by atoms with Gasteiger partial charge in [-0.25, -0.2) is 0 Å². The van der Waals surface area contributed by atoms with Gasteiger partial charge in [0.2, 0.25) is 11.8 Å². The summed E-state index contributed by atoms with van der Waals surface area (Å²) in [6.07, 6.45) is 2.16. The van der Waals surface area contributed by atoms with Gasteiger partial charge in [-0.3, -0.25) is 9.59 Å². The minimum atomic E-state index is -0.503. The Hall–Kier alpha value is -1.10. The van der Waals surface area contributed by atoms with E-state index in [1.165, 1.54) is 0 Å². The molecule has 5 nitrogen and oxygen atoms in total. The lowest BCUT2D eigenvalue weighted by Gasteiger charge is -2.23. The molecule has 0 aliphatic rings. The number of carbonyl (C=O) groups excluding carboxylic acids is 2. The summed E-state index contributed by atoms with van der Waals surface area (Å²) in [5.74, 6) is 0.200. The van der Waals surface area contributed by atoms with Gasteiger partial charge in [0.25, 0.3) is 0 Å². The first-order valence-corrected chi connectivity index (χ1v) is 6.97. The second-order valence-electron chi connectivity index (χ2n) is 6.25. The van der Waals surface area contributed by atoms with Crippen LogP contribution in [0.4, 0.5) is 0 Å². The van der Waals surface area contributed by atoms with Gasteiger partial charge in [-0.2, -0.15) is 0 Å². The van der Waals surface area contributed by atoms with Crippen LogP contribution < -0.4 is 16.4 Å². The zero-order valence-corrected chi connectivity index (χ0v) is 12.9. The van der Waals surface area contributed by atoms with Crippen molar-refractivity contribution in [2.45, 2.75) is 65.5 Å². The van der Waals surface area contributed by atoms with E-state index in [1.54, 1.807) is 6.92 Å². The van der Waals surface area contributed by atoms with Gasteiger partial charge in [0, 0.05) is 12.0 Å². The molecular formula is C14H29N3O2. The first kappa shape index (κ1) is 17.9. The molecule has 0 fully saturated rings. The third-order valence-electron chi connectivity index (χ3n) is 2.79. The molecule has 0 saturated heterocycles. The number of amides is 2. The van der Waals surface area contributed by atoms with Crippen molar-refractivity contribution in [1.82, 2.24) is 10.6 Å². The van der Waals surface area contributed by atoms with E-state index < -0.39 is 6.04 Å². The van der Waals surface area contributed by atoms with Crippen LogP contribution in [0.2, 0.25) is 0 Å². The minimum Gasteiger partial charge on any atom is -0.350 e. The van der Waals surface area contributed by atoms with Crippen LogP contribution in [0.5, 0.6) is 0 Å². The van der Waals surface area contributed by atoms with Crippen molar-refractivity contribution in [3.63, 3.8) is 0 Å². The third kappa shape index (κ3) is 9.47. The van der Waals surface area contributed by atoms with Gasteiger partial charge >= 0.3 is 0 Å². The fourth-order valence-electron chi connectivity index (χ4n) is 1.66. The molecule has 0 aliphatic carbocycles. The molecule has 0 spiro atoms. The molecule has 0 aliphatic heterocycles. The van der Waals surface area contributed by atoms with Crippen LogP contribution in [0, 0.1) is 5.92 Å². The van der Waals surface area contributed by atoms with Crippen LogP contribution in [0.3, 0.4) is 0 Å². The molecule has 0 heterocycles. The van der Waals surface area contributed by atoms with Gasteiger partial charge in [-0.15, -0.1) is 0 Å². The summed E-state index contributed by atoms with van der Waals surface area (Å²) >= 11 is 0. The highest BCUT2D eigenvalue weighted by Gasteiger charge is 2.20. The molecule has 0 aromatic heterocycles. The van der Waals surface area contributed by atoms with Crippen LogP contribution >= 0.6 is 0 Å². The predicted molar refractivity (Wildman–Crippen MR) is 77.6 cm³/mol. The van der Waals surface area contributed by atoms with Crippen molar-refractivity contribution in [1.29, 1.82) is 0 Å². The Kier molecular flexibility index (Phi) is 7.68. The van der Waals surface area contributed by atoms with E-state index in [4.69, 9.17) is 5.73 Å². The molecule has 112 valence electrons. The van der Waals surface area contributed by atoms with Crippen LogP contribution in [0.25, 0.3) is 0 Å². The Morgan fingerprint density at radius 2 is 1.74 bits per heavy atom. The first-order valence-electron chi connectivity index (χ1n) is 6.97. The predicted octanol–water partition coefficient (Wildman–Crippen LogP) is 1.17. The first-order chi connectivity index (χ1) is 8.65. The summed E-state index contributed by atoms with van der Waals surface area (Å²) in [5.41, 5.74) is 5.18. The van der Waals surface area contributed by atoms with E-state index >= 15 is 0 Å². The summed E-state index contributed by atoms with van der Waals surface area (Å²) in [6, 6.07) is -0.503. The van der Waals surface area contributed by atoms with Gasteiger partial charge in [0.1, 0.15) is 6.04 Å². The fraction of sp³-hybridized carbons (Fsp3) is 0.857. The molecular weight excluding hydrogens is 242 g/mol. The van der Waals surface area contributed by atoms with Crippen molar-refractivity contribution in [2.24, 2.45) is 11.7 Å². The zero-order chi connectivity index (χ0) is 15.1. The number of hydrogen-bond donors (Lipinski definition) is 3. The molecule has 4 N–H and O–H groups in total. The number of carbonyl (C=O) groups is 2. The normalized spacial score (nSPS) is 14.6. The molecule has 2 amide bonds. The third-order valence-corrected chi connectivity index (χ3v) is 2.79. The standard InChI is InChI=1S/C14H29N3O2/c1-10(8-9-15)6-7-12(18)16-11(2)13(19)17-14(3,4)5/h10-11H,6-9,15H2,1-5H3,(H,16,18)(H,17,19). The van der Waals surface area contributed by atoms with E-state index in [0.29, 0.717) is 18.9 Å². The Morgan fingerprint density at radius 1 is 1.16 bits per heavy atom.